The highest BCUT2D eigenvalue weighted by atomic mass is 35.5. The maximum atomic E-state index is 12.0. The minimum absolute atomic E-state index is 0.113. The Hall–Kier alpha value is -1.03. The second-order valence-corrected chi connectivity index (χ2v) is 5.23. The Kier molecular flexibility index (Phi) is 3.72. The summed E-state index contributed by atoms with van der Waals surface area (Å²) in [5.74, 6) is 0.206. The highest BCUT2D eigenvalue weighted by Crippen LogP contribution is 2.33. The summed E-state index contributed by atoms with van der Waals surface area (Å²) in [5.41, 5.74) is 0. The normalized spacial score (nSPS) is 23.6. The molecule has 17 heavy (non-hydrogen) atoms. The predicted octanol–water partition coefficient (Wildman–Crippen LogP) is 1.26. The molecule has 2 aliphatic rings. The molecule has 1 atom stereocenters. The van der Waals surface area contributed by atoms with E-state index in [4.69, 9.17) is 11.6 Å². The standard InChI is InChI=1S/C12H17ClN2O2/c1-8(13)7-14-11(16)10-3-2-6-15(10)12(17)9-4-5-9/h9-10H,1-7H2,(H,14,16). The zero-order valence-electron chi connectivity index (χ0n) is 9.75. The summed E-state index contributed by atoms with van der Waals surface area (Å²) in [4.78, 5) is 25.6. The van der Waals surface area contributed by atoms with Gasteiger partial charge in [-0.15, -0.1) is 0 Å². The lowest BCUT2D eigenvalue weighted by molar-refractivity contribution is -0.139. The van der Waals surface area contributed by atoms with E-state index in [1.807, 2.05) is 0 Å². The fourth-order valence-electron chi connectivity index (χ4n) is 2.17. The van der Waals surface area contributed by atoms with E-state index >= 15 is 0 Å². The predicted molar refractivity (Wildman–Crippen MR) is 65.5 cm³/mol. The van der Waals surface area contributed by atoms with Crippen molar-refractivity contribution < 1.29 is 9.59 Å². The molecule has 2 amide bonds. The molecule has 0 spiro atoms. The molecule has 94 valence electrons. The van der Waals surface area contributed by atoms with Crippen molar-refractivity contribution in [3.63, 3.8) is 0 Å². The summed E-state index contributed by atoms with van der Waals surface area (Å²) >= 11 is 5.60. The number of nitrogens with one attached hydrogen (secondary N) is 1. The summed E-state index contributed by atoms with van der Waals surface area (Å²) in [7, 11) is 0. The molecule has 1 heterocycles. The second-order valence-electron chi connectivity index (χ2n) is 4.70. The van der Waals surface area contributed by atoms with Crippen LogP contribution in [0.2, 0.25) is 0 Å². The molecule has 1 aliphatic carbocycles. The molecule has 0 aromatic heterocycles. The Labute approximate surface area is 106 Å². The minimum atomic E-state index is -0.306. The van der Waals surface area contributed by atoms with Crippen molar-refractivity contribution in [1.29, 1.82) is 0 Å². The summed E-state index contributed by atoms with van der Waals surface area (Å²) in [6.45, 7) is 4.49. The fraction of sp³-hybridized carbons (Fsp3) is 0.667. The van der Waals surface area contributed by atoms with Gasteiger partial charge in [0.15, 0.2) is 0 Å². The van der Waals surface area contributed by atoms with Gasteiger partial charge in [0, 0.05) is 17.5 Å². The first-order chi connectivity index (χ1) is 8.09. The average molecular weight is 257 g/mol. The van der Waals surface area contributed by atoms with Crippen LogP contribution in [0.4, 0.5) is 0 Å². The maximum absolute atomic E-state index is 12.0. The molecule has 2 fully saturated rings. The first-order valence-electron chi connectivity index (χ1n) is 6.01. The van der Waals surface area contributed by atoms with E-state index in [-0.39, 0.29) is 30.3 Å². The van der Waals surface area contributed by atoms with Crippen molar-refractivity contribution in [3.05, 3.63) is 11.6 Å². The van der Waals surface area contributed by atoms with Gasteiger partial charge in [0.1, 0.15) is 6.04 Å². The van der Waals surface area contributed by atoms with Gasteiger partial charge in [0.25, 0.3) is 0 Å². The molecular formula is C12H17ClN2O2. The van der Waals surface area contributed by atoms with Crippen LogP contribution in [0.25, 0.3) is 0 Å². The smallest absolute Gasteiger partial charge is 0.243 e. The van der Waals surface area contributed by atoms with Crippen molar-refractivity contribution in [3.8, 4) is 0 Å². The molecule has 2 rings (SSSR count). The highest BCUT2D eigenvalue weighted by Gasteiger charge is 2.40. The topological polar surface area (TPSA) is 49.4 Å². The van der Waals surface area contributed by atoms with E-state index in [2.05, 4.69) is 11.9 Å². The van der Waals surface area contributed by atoms with Crippen LogP contribution in [-0.4, -0.2) is 35.8 Å². The van der Waals surface area contributed by atoms with Crippen LogP contribution in [0.15, 0.2) is 11.6 Å². The summed E-state index contributed by atoms with van der Waals surface area (Å²) < 4.78 is 0. The third-order valence-electron chi connectivity index (χ3n) is 3.22. The molecule has 1 saturated heterocycles. The molecule has 1 unspecified atom stereocenters. The number of hydrogen-bond donors (Lipinski definition) is 1. The van der Waals surface area contributed by atoms with Gasteiger partial charge in [-0.05, 0) is 25.7 Å². The number of amides is 2. The van der Waals surface area contributed by atoms with Crippen molar-refractivity contribution in [2.75, 3.05) is 13.1 Å². The van der Waals surface area contributed by atoms with Gasteiger partial charge < -0.3 is 10.2 Å². The number of likely N-dealkylation sites (tertiary alicyclic amines) is 1. The van der Waals surface area contributed by atoms with E-state index in [0.29, 0.717) is 11.6 Å². The van der Waals surface area contributed by atoms with Crippen LogP contribution in [0.5, 0.6) is 0 Å². The van der Waals surface area contributed by atoms with E-state index < -0.39 is 0 Å². The van der Waals surface area contributed by atoms with Crippen LogP contribution >= 0.6 is 11.6 Å². The lowest BCUT2D eigenvalue weighted by atomic mass is 10.2. The number of nitrogens with zero attached hydrogens (tertiary/aromatic N) is 1. The van der Waals surface area contributed by atoms with Crippen molar-refractivity contribution in [2.45, 2.75) is 31.7 Å². The Bertz CT molecular complexity index is 352. The van der Waals surface area contributed by atoms with Gasteiger partial charge in [-0.1, -0.05) is 18.2 Å². The van der Waals surface area contributed by atoms with Gasteiger partial charge in [0.2, 0.25) is 11.8 Å². The van der Waals surface area contributed by atoms with Crippen molar-refractivity contribution in [2.24, 2.45) is 5.92 Å². The number of carbonyl (C=O) groups is 2. The number of carbonyl (C=O) groups excluding carboxylic acids is 2. The minimum Gasteiger partial charge on any atom is -0.349 e. The Morgan fingerprint density at radius 2 is 2.06 bits per heavy atom. The zero-order valence-corrected chi connectivity index (χ0v) is 10.5. The van der Waals surface area contributed by atoms with Crippen LogP contribution in [0.1, 0.15) is 25.7 Å². The van der Waals surface area contributed by atoms with Gasteiger partial charge in [-0.3, -0.25) is 9.59 Å². The zero-order chi connectivity index (χ0) is 12.4. The summed E-state index contributed by atoms with van der Waals surface area (Å²) in [6, 6.07) is -0.306. The molecule has 1 N–H and O–H groups in total. The molecule has 0 radical (unpaired) electrons. The number of halogens is 1. The lowest BCUT2D eigenvalue weighted by Gasteiger charge is -2.23. The monoisotopic (exact) mass is 256 g/mol. The SMILES string of the molecule is C=C(Cl)CNC(=O)C1CCCN1C(=O)C1CC1. The Balaban J connectivity index is 1.91. The van der Waals surface area contributed by atoms with Gasteiger partial charge in [-0.2, -0.15) is 0 Å². The third-order valence-corrected chi connectivity index (χ3v) is 3.35. The van der Waals surface area contributed by atoms with Gasteiger partial charge in [-0.25, -0.2) is 0 Å². The van der Waals surface area contributed by atoms with Gasteiger partial charge >= 0.3 is 0 Å². The molecule has 1 saturated carbocycles. The largest absolute Gasteiger partial charge is 0.349 e. The van der Waals surface area contributed by atoms with E-state index in [1.54, 1.807) is 4.90 Å². The summed E-state index contributed by atoms with van der Waals surface area (Å²) in [5, 5.41) is 3.10. The molecule has 0 aromatic carbocycles. The molecule has 0 bridgehead atoms. The lowest BCUT2D eigenvalue weighted by Crippen LogP contribution is -2.46. The molecule has 1 aliphatic heterocycles. The number of rotatable bonds is 4. The highest BCUT2D eigenvalue weighted by molar-refractivity contribution is 6.29. The van der Waals surface area contributed by atoms with Crippen LogP contribution in [0, 0.1) is 5.92 Å². The van der Waals surface area contributed by atoms with E-state index in [1.165, 1.54) is 0 Å². The first-order valence-corrected chi connectivity index (χ1v) is 6.39. The molecular weight excluding hydrogens is 240 g/mol. The fourth-order valence-corrected chi connectivity index (χ4v) is 2.24. The van der Waals surface area contributed by atoms with Crippen LogP contribution in [0.3, 0.4) is 0 Å². The number of hydrogen-bond acceptors (Lipinski definition) is 2. The quantitative estimate of drug-likeness (QED) is 0.823. The van der Waals surface area contributed by atoms with Crippen LogP contribution in [-0.2, 0) is 9.59 Å². The second kappa shape index (κ2) is 5.08. The molecule has 0 aromatic rings. The Morgan fingerprint density at radius 1 is 1.35 bits per heavy atom. The first kappa shape index (κ1) is 12.4. The Morgan fingerprint density at radius 3 is 2.65 bits per heavy atom. The summed E-state index contributed by atoms with van der Waals surface area (Å²) in [6.07, 6.45) is 3.60. The van der Waals surface area contributed by atoms with Crippen molar-refractivity contribution >= 4 is 23.4 Å². The van der Waals surface area contributed by atoms with Crippen molar-refractivity contribution in [1.82, 2.24) is 10.2 Å². The molecule has 5 heteroatoms. The van der Waals surface area contributed by atoms with E-state index in [9.17, 15) is 9.59 Å². The van der Waals surface area contributed by atoms with Crippen LogP contribution < -0.4 is 5.32 Å². The molecule has 4 nitrogen and oxygen atoms in total. The van der Waals surface area contributed by atoms with E-state index in [0.717, 1.165) is 25.7 Å². The maximum Gasteiger partial charge on any atom is 0.243 e. The van der Waals surface area contributed by atoms with Gasteiger partial charge in [0.05, 0.1) is 6.54 Å². The average Bonchev–Trinajstić information content (AvgIpc) is 3.02. The third kappa shape index (κ3) is 3.00.